The Balaban J connectivity index is 1.55. The van der Waals surface area contributed by atoms with Crippen molar-refractivity contribution in [1.29, 1.82) is 0 Å². The molecule has 1 aromatic carbocycles. The van der Waals surface area contributed by atoms with Gasteiger partial charge in [0, 0.05) is 32.4 Å². The van der Waals surface area contributed by atoms with Crippen molar-refractivity contribution in [3.05, 3.63) is 40.2 Å². The van der Waals surface area contributed by atoms with Crippen molar-refractivity contribution >= 4 is 22.7 Å². The Morgan fingerprint density at radius 1 is 1.17 bits per heavy atom. The summed E-state index contributed by atoms with van der Waals surface area (Å²) in [5.74, 6) is 0.0524. The highest BCUT2D eigenvalue weighted by molar-refractivity contribution is 5.98. The normalized spacial score (nSPS) is 20.0. The second kappa shape index (κ2) is 8.24. The number of pyridine rings is 1. The Labute approximate surface area is 168 Å². The molecular weight excluding hydrogens is 374 g/mol. The first-order chi connectivity index (χ1) is 14.1. The average Bonchev–Trinajstić information content (AvgIpc) is 2.79. The molecule has 3 heterocycles. The van der Waals surface area contributed by atoms with Crippen molar-refractivity contribution in [2.45, 2.75) is 12.8 Å². The summed E-state index contributed by atoms with van der Waals surface area (Å²) < 4.78 is 10.6. The number of ether oxygens (including phenoxy) is 2. The van der Waals surface area contributed by atoms with Gasteiger partial charge in [0.1, 0.15) is 11.3 Å². The van der Waals surface area contributed by atoms with Gasteiger partial charge in [0.2, 0.25) is 11.3 Å². The Kier molecular flexibility index (Phi) is 5.53. The largest absolute Gasteiger partial charge is 0.495 e. The number of aromatic nitrogens is 1. The third kappa shape index (κ3) is 3.72. The number of rotatable bonds is 3. The average molecular weight is 399 g/mol. The van der Waals surface area contributed by atoms with E-state index in [0.717, 1.165) is 12.8 Å². The first-order valence-corrected chi connectivity index (χ1v) is 9.94. The summed E-state index contributed by atoms with van der Waals surface area (Å²) in [4.78, 5) is 45.3. The number of nitrogens with one attached hydrogen (secondary N) is 1. The number of morpholine rings is 1. The molecule has 2 amide bonds. The maximum Gasteiger partial charge on any atom is 0.259 e. The van der Waals surface area contributed by atoms with Crippen LogP contribution in [0.3, 0.4) is 0 Å². The van der Waals surface area contributed by atoms with Crippen LogP contribution in [0.5, 0.6) is 5.75 Å². The lowest BCUT2D eigenvalue weighted by atomic mass is 9.95. The SMILES string of the molecule is COc1cccc2c(=O)c(C(=O)N3CCCC(C(=O)N4CCOCC4)C3)c[nH]c12. The van der Waals surface area contributed by atoms with E-state index in [-0.39, 0.29) is 28.7 Å². The van der Waals surface area contributed by atoms with Gasteiger partial charge >= 0.3 is 0 Å². The fourth-order valence-electron chi connectivity index (χ4n) is 4.13. The van der Waals surface area contributed by atoms with Crippen LogP contribution >= 0.6 is 0 Å². The van der Waals surface area contributed by atoms with E-state index >= 15 is 0 Å². The molecule has 0 spiro atoms. The van der Waals surface area contributed by atoms with E-state index in [2.05, 4.69) is 4.98 Å². The molecule has 2 saturated heterocycles. The maximum atomic E-state index is 13.1. The van der Waals surface area contributed by atoms with Gasteiger partial charge in [0.05, 0.1) is 37.1 Å². The molecule has 2 aliphatic rings. The Bertz CT molecular complexity index is 980. The molecule has 1 N–H and O–H groups in total. The predicted octanol–water partition coefficient (Wildman–Crippen LogP) is 1.25. The van der Waals surface area contributed by atoms with Gasteiger partial charge in [-0.25, -0.2) is 0 Å². The highest BCUT2D eigenvalue weighted by Crippen LogP contribution is 2.23. The lowest BCUT2D eigenvalue weighted by molar-refractivity contribution is -0.141. The Morgan fingerprint density at radius 2 is 1.97 bits per heavy atom. The quantitative estimate of drug-likeness (QED) is 0.839. The molecule has 4 rings (SSSR count). The topological polar surface area (TPSA) is 91.9 Å². The summed E-state index contributed by atoms with van der Waals surface area (Å²) in [5, 5.41) is 0.410. The van der Waals surface area contributed by atoms with Gasteiger partial charge in [-0.2, -0.15) is 0 Å². The van der Waals surface area contributed by atoms with E-state index in [1.165, 1.54) is 13.3 Å². The minimum Gasteiger partial charge on any atom is -0.495 e. The summed E-state index contributed by atoms with van der Waals surface area (Å²) in [6.45, 7) is 3.17. The van der Waals surface area contributed by atoms with Gasteiger partial charge < -0.3 is 24.3 Å². The maximum absolute atomic E-state index is 13.1. The molecule has 0 aliphatic carbocycles. The van der Waals surface area contributed by atoms with Crippen LogP contribution in [-0.4, -0.2) is 73.1 Å². The van der Waals surface area contributed by atoms with Crippen molar-refractivity contribution in [3.63, 3.8) is 0 Å². The van der Waals surface area contributed by atoms with Crippen molar-refractivity contribution in [2.24, 2.45) is 5.92 Å². The van der Waals surface area contributed by atoms with E-state index in [4.69, 9.17) is 9.47 Å². The zero-order valence-electron chi connectivity index (χ0n) is 16.5. The number of hydrogen-bond donors (Lipinski definition) is 1. The van der Waals surface area contributed by atoms with Crippen LogP contribution in [0.15, 0.2) is 29.2 Å². The number of carbonyl (C=O) groups excluding carboxylic acids is 2. The van der Waals surface area contributed by atoms with E-state index in [1.807, 2.05) is 4.90 Å². The number of nitrogens with zero attached hydrogens (tertiary/aromatic N) is 2. The molecule has 0 saturated carbocycles. The fourth-order valence-corrected chi connectivity index (χ4v) is 4.13. The summed E-state index contributed by atoms with van der Waals surface area (Å²) in [7, 11) is 1.53. The van der Waals surface area contributed by atoms with Crippen LogP contribution in [0.25, 0.3) is 10.9 Å². The van der Waals surface area contributed by atoms with Crippen molar-refractivity contribution in [3.8, 4) is 5.75 Å². The van der Waals surface area contributed by atoms with Gasteiger partial charge in [-0.3, -0.25) is 14.4 Å². The van der Waals surface area contributed by atoms with Crippen LogP contribution in [0.2, 0.25) is 0 Å². The zero-order chi connectivity index (χ0) is 20.4. The molecule has 1 unspecified atom stereocenters. The van der Waals surface area contributed by atoms with Crippen LogP contribution in [0.1, 0.15) is 23.2 Å². The second-order valence-corrected chi connectivity index (χ2v) is 7.44. The number of piperidine rings is 1. The van der Waals surface area contributed by atoms with Crippen LogP contribution in [0.4, 0.5) is 0 Å². The molecule has 8 heteroatoms. The number of fused-ring (bicyclic) bond motifs is 1. The van der Waals surface area contributed by atoms with E-state index in [1.54, 1.807) is 23.1 Å². The lowest BCUT2D eigenvalue weighted by Crippen LogP contribution is -2.50. The summed E-state index contributed by atoms with van der Waals surface area (Å²) >= 11 is 0. The predicted molar refractivity (Wildman–Crippen MR) is 107 cm³/mol. The minimum absolute atomic E-state index is 0.0722. The minimum atomic E-state index is -0.338. The van der Waals surface area contributed by atoms with Gasteiger partial charge in [0.15, 0.2) is 0 Å². The Morgan fingerprint density at radius 3 is 2.72 bits per heavy atom. The molecule has 2 fully saturated rings. The molecule has 0 bridgehead atoms. The monoisotopic (exact) mass is 399 g/mol. The molecule has 154 valence electrons. The summed E-state index contributed by atoms with van der Waals surface area (Å²) in [5.41, 5.74) is 0.324. The lowest BCUT2D eigenvalue weighted by Gasteiger charge is -2.36. The highest BCUT2D eigenvalue weighted by atomic mass is 16.5. The van der Waals surface area contributed by atoms with Crippen LogP contribution < -0.4 is 10.2 Å². The number of benzene rings is 1. The molecule has 2 aromatic rings. The molecule has 2 aliphatic heterocycles. The molecule has 29 heavy (non-hydrogen) atoms. The molecule has 8 nitrogen and oxygen atoms in total. The van der Waals surface area contributed by atoms with Crippen LogP contribution in [-0.2, 0) is 9.53 Å². The first kappa shape index (κ1) is 19.4. The number of methoxy groups -OCH3 is 1. The van der Waals surface area contributed by atoms with Crippen molar-refractivity contribution in [1.82, 2.24) is 14.8 Å². The number of carbonyl (C=O) groups is 2. The number of likely N-dealkylation sites (tertiary alicyclic amines) is 1. The zero-order valence-corrected chi connectivity index (χ0v) is 16.5. The van der Waals surface area contributed by atoms with Gasteiger partial charge in [-0.15, -0.1) is 0 Å². The first-order valence-electron chi connectivity index (χ1n) is 9.94. The van der Waals surface area contributed by atoms with E-state index < -0.39 is 0 Å². The number of H-pyrrole nitrogens is 1. The standard InChI is InChI=1S/C21H25N3O5/c1-28-17-6-2-5-15-18(17)22-12-16(19(15)25)21(27)24-7-3-4-14(13-24)20(26)23-8-10-29-11-9-23/h2,5-6,12,14H,3-4,7-11,13H2,1H3,(H,22,25). The van der Waals surface area contributed by atoms with Crippen molar-refractivity contribution in [2.75, 3.05) is 46.5 Å². The number of para-hydroxylation sites is 1. The molecule has 0 radical (unpaired) electrons. The second-order valence-electron chi connectivity index (χ2n) is 7.44. The molecule has 1 atom stereocenters. The van der Waals surface area contributed by atoms with Gasteiger partial charge in [-0.1, -0.05) is 6.07 Å². The summed E-state index contributed by atoms with van der Waals surface area (Å²) in [6.07, 6.45) is 2.94. The number of hydrogen-bond acceptors (Lipinski definition) is 5. The van der Waals surface area contributed by atoms with Gasteiger partial charge in [0.25, 0.3) is 5.91 Å². The van der Waals surface area contributed by atoms with E-state index in [0.29, 0.717) is 56.0 Å². The fraction of sp³-hybridized carbons (Fsp3) is 0.476. The van der Waals surface area contributed by atoms with Crippen molar-refractivity contribution < 1.29 is 19.1 Å². The number of amides is 2. The third-order valence-corrected chi connectivity index (χ3v) is 5.71. The third-order valence-electron chi connectivity index (χ3n) is 5.71. The molecular formula is C21H25N3O5. The van der Waals surface area contributed by atoms with Gasteiger partial charge in [-0.05, 0) is 25.0 Å². The smallest absolute Gasteiger partial charge is 0.259 e. The summed E-state index contributed by atoms with van der Waals surface area (Å²) in [6, 6.07) is 5.16. The molecule has 1 aromatic heterocycles. The Hall–Kier alpha value is -2.87. The van der Waals surface area contributed by atoms with E-state index in [9.17, 15) is 14.4 Å². The number of aromatic amines is 1. The van der Waals surface area contributed by atoms with Crippen LogP contribution in [0, 0.1) is 5.92 Å². The highest BCUT2D eigenvalue weighted by Gasteiger charge is 2.33.